The molecule has 0 radical (unpaired) electrons. The molecule has 0 unspecified atom stereocenters. The summed E-state index contributed by atoms with van der Waals surface area (Å²) in [7, 11) is -3.66. The van der Waals surface area contributed by atoms with Gasteiger partial charge in [0, 0.05) is 18.2 Å². The van der Waals surface area contributed by atoms with Crippen LogP contribution in [0.1, 0.15) is 22.5 Å². The number of sulfonamides is 1. The first-order valence-electron chi connectivity index (χ1n) is 9.18. The normalized spacial score (nSPS) is 11.3. The number of nitrogens with one attached hydrogen (secondary N) is 2. The van der Waals surface area contributed by atoms with Gasteiger partial charge >= 0.3 is 0 Å². The van der Waals surface area contributed by atoms with E-state index < -0.39 is 21.7 Å². The highest BCUT2D eigenvalue weighted by Crippen LogP contribution is 2.18. The van der Waals surface area contributed by atoms with Gasteiger partial charge in [-0.05, 0) is 43.2 Å². The van der Waals surface area contributed by atoms with Crippen LogP contribution in [-0.4, -0.2) is 36.9 Å². The number of benzene rings is 2. The quantitative estimate of drug-likeness (QED) is 0.473. The molecule has 0 saturated carbocycles. The van der Waals surface area contributed by atoms with E-state index in [1.807, 2.05) is 35.1 Å². The number of carbonyl (C=O) groups is 1. The summed E-state index contributed by atoms with van der Waals surface area (Å²) in [5, 5.41) is 7.21. The maximum Gasteiger partial charge on any atom is 0.251 e. The number of aryl methyl sites for hydroxylation is 1. The highest BCUT2D eigenvalue weighted by molar-refractivity contribution is 7.92. The number of carbonyl (C=O) groups excluding carboxylic acids is 1. The molecular formula is C20H22FN5O3S. The second-order valence-corrected chi connectivity index (χ2v) is 8.48. The number of anilines is 2. The molecule has 1 aromatic heterocycles. The first-order valence-corrected chi connectivity index (χ1v) is 11.1. The maximum atomic E-state index is 13.7. The summed E-state index contributed by atoms with van der Waals surface area (Å²) in [5.41, 5.74) is 7.57. The predicted octanol–water partition coefficient (Wildman–Crippen LogP) is 2.33. The summed E-state index contributed by atoms with van der Waals surface area (Å²) in [6.07, 6.45) is 2.13. The summed E-state index contributed by atoms with van der Waals surface area (Å²) in [4.78, 5) is 12.3. The Morgan fingerprint density at radius 2 is 1.90 bits per heavy atom. The molecule has 0 bridgehead atoms. The molecule has 10 heteroatoms. The molecule has 3 rings (SSSR count). The summed E-state index contributed by atoms with van der Waals surface area (Å²) in [5.74, 6) is -0.665. The van der Waals surface area contributed by atoms with Gasteiger partial charge < -0.3 is 11.1 Å². The van der Waals surface area contributed by atoms with Gasteiger partial charge in [0.25, 0.3) is 5.91 Å². The number of hydrogen-bond donors (Lipinski definition) is 3. The van der Waals surface area contributed by atoms with E-state index in [4.69, 9.17) is 5.73 Å². The van der Waals surface area contributed by atoms with Crippen molar-refractivity contribution in [1.82, 2.24) is 15.1 Å². The number of nitrogens with two attached hydrogens (primary N) is 1. The Hall–Kier alpha value is -3.40. The number of nitrogen functional groups attached to an aromatic ring is 1. The van der Waals surface area contributed by atoms with Crippen LogP contribution in [0.3, 0.4) is 0 Å². The van der Waals surface area contributed by atoms with Crippen molar-refractivity contribution in [2.45, 2.75) is 12.8 Å². The van der Waals surface area contributed by atoms with E-state index in [1.54, 1.807) is 10.7 Å². The predicted molar refractivity (Wildman–Crippen MR) is 113 cm³/mol. The molecule has 4 N–H and O–H groups in total. The Morgan fingerprint density at radius 1 is 1.17 bits per heavy atom. The number of amides is 1. The Balaban J connectivity index is 1.55. The molecule has 3 aromatic rings. The molecule has 0 aliphatic carbocycles. The van der Waals surface area contributed by atoms with Crippen LogP contribution in [0.4, 0.5) is 15.9 Å². The molecule has 0 aliphatic rings. The van der Waals surface area contributed by atoms with Crippen molar-refractivity contribution in [2.24, 2.45) is 0 Å². The van der Waals surface area contributed by atoms with Crippen molar-refractivity contribution in [3.05, 3.63) is 71.7 Å². The Bertz CT molecular complexity index is 1150. The first-order chi connectivity index (χ1) is 14.2. The van der Waals surface area contributed by atoms with Gasteiger partial charge in [-0.15, -0.1) is 0 Å². The number of rotatable bonds is 8. The lowest BCUT2D eigenvalue weighted by Gasteiger charge is -2.09. The zero-order valence-electron chi connectivity index (χ0n) is 16.3. The van der Waals surface area contributed by atoms with Crippen LogP contribution in [-0.2, 0) is 16.4 Å². The lowest BCUT2D eigenvalue weighted by Crippen LogP contribution is -2.25. The average molecular weight is 431 g/mol. The van der Waals surface area contributed by atoms with Crippen molar-refractivity contribution < 1.29 is 17.6 Å². The van der Waals surface area contributed by atoms with Crippen LogP contribution >= 0.6 is 0 Å². The molecule has 0 fully saturated rings. The Labute approximate surface area is 174 Å². The molecular weight excluding hydrogens is 409 g/mol. The van der Waals surface area contributed by atoms with Crippen molar-refractivity contribution in [1.29, 1.82) is 0 Å². The fourth-order valence-electron chi connectivity index (χ4n) is 2.86. The minimum absolute atomic E-state index is 0.153. The first kappa shape index (κ1) is 21.3. The van der Waals surface area contributed by atoms with Crippen molar-refractivity contribution in [3.63, 3.8) is 0 Å². The van der Waals surface area contributed by atoms with Crippen LogP contribution in [0, 0.1) is 5.82 Å². The number of aromatic nitrogens is 2. The fourth-order valence-corrected chi connectivity index (χ4v) is 3.42. The van der Waals surface area contributed by atoms with Gasteiger partial charge in [-0.3, -0.25) is 9.52 Å². The zero-order chi connectivity index (χ0) is 21.7. The van der Waals surface area contributed by atoms with Crippen LogP contribution in [0.5, 0.6) is 0 Å². The minimum atomic E-state index is -3.66. The van der Waals surface area contributed by atoms with E-state index in [9.17, 15) is 17.6 Å². The Kier molecular flexibility index (Phi) is 6.36. The van der Waals surface area contributed by atoms with Gasteiger partial charge in [-0.25, -0.2) is 17.5 Å². The minimum Gasteiger partial charge on any atom is -0.384 e. The van der Waals surface area contributed by atoms with E-state index in [1.165, 1.54) is 6.07 Å². The van der Waals surface area contributed by atoms with Crippen LogP contribution < -0.4 is 15.8 Å². The van der Waals surface area contributed by atoms with Gasteiger partial charge in [-0.1, -0.05) is 18.2 Å². The number of nitrogens with zero attached hydrogens (tertiary/aromatic N) is 2. The average Bonchev–Trinajstić information content (AvgIpc) is 3.07. The van der Waals surface area contributed by atoms with Crippen molar-refractivity contribution in [3.8, 4) is 5.69 Å². The number of halogens is 1. The molecule has 0 spiro atoms. The molecule has 8 nitrogen and oxygen atoms in total. The van der Waals surface area contributed by atoms with Crippen LogP contribution in [0.2, 0.25) is 0 Å². The van der Waals surface area contributed by atoms with Crippen molar-refractivity contribution >= 4 is 27.4 Å². The van der Waals surface area contributed by atoms with E-state index in [2.05, 4.69) is 10.4 Å². The molecule has 0 saturated heterocycles. The largest absolute Gasteiger partial charge is 0.384 e. The third kappa shape index (κ3) is 5.57. The van der Waals surface area contributed by atoms with Gasteiger partial charge in [0.05, 0.1) is 23.3 Å². The number of hydrogen-bond acceptors (Lipinski definition) is 5. The third-order valence-corrected chi connectivity index (χ3v) is 4.80. The number of para-hydroxylation sites is 1. The molecule has 2 aromatic carbocycles. The van der Waals surface area contributed by atoms with Gasteiger partial charge in [0.15, 0.2) is 0 Å². The molecule has 30 heavy (non-hydrogen) atoms. The van der Waals surface area contributed by atoms with E-state index in [0.29, 0.717) is 25.2 Å². The topological polar surface area (TPSA) is 119 Å². The smallest absolute Gasteiger partial charge is 0.251 e. The maximum absolute atomic E-state index is 13.7. The lowest BCUT2D eigenvalue weighted by atomic mass is 10.1. The van der Waals surface area contributed by atoms with Gasteiger partial charge in [0.1, 0.15) is 11.6 Å². The highest BCUT2D eigenvalue weighted by Gasteiger charge is 2.13. The SMILES string of the molecule is CS(=O)(=O)Nc1cc(C(=O)NCCCc2cc(N)n(-c3ccccc3)n2)ccc1F. The molecule has 1 heterocycles. The summed E-state index contributed by atoms with van der Waals surface area (Å²) in [6, 6.07) is 14.8. The summed E-state index contributed by atoms with van der Waals surface area (Å²) in [6.45, 7) is 0.364. The molecule has 158 valence electrons. The van der Waals surface area contributed by atoms with Crippen LogP contribution in [0.15, 0.2) is 54.6 Å². The van der Waals surface area contributed by atoms with Crippen molar-refractivity contribution in [2.75, 3.05) is 23.3 Å². The lowest BCUT2D eigenvalue weighted by molar-refractivity contribution is 0.0953. The molecule has 0 aliphatic heterocycles. The van der Waals surface area contributed by atoms with Gasteiger partial charge in [-0.2, -0.15) is 5.10 Å². The van der Waals surface area contributed by atoms with E-state index >= 15 is 0 Å². The standard InChI is InChI=1S/C20H22FN5O3S/c1-30(28,29)25-18-12-14(9-10-17(18)21)20(27)23-11-5-6-15-13-19(22)26(24-15)16-7-3-2-4-8-16/h2-4,7-10,12-13,25H,5-6,11,22H2,1H3,(H,23,27). The Morgan fingerprint density at radius 3 is 2.60 bits per heavy atom. The molecule has 1 amide bonds. The zero-order valence-corrected chi connectivity index (χ0v) is 17.1. The van der Waals surface area contributed by atoms with Crippen LogP contribution in [0.25, 0.3) is 5.69 Å². The monoisotopic (exact) mass is 431 g/mol. The fraction of sp³-hybridized carbons (Fsp3) is 0.200. The third-order valence-electron chi connectivity index (χ3n) is 4.21. The summed E-state index contributed by atoms with van der Waals surface area (Å²) >= 11 is 0. The molecule has 0 atom stereocenters. The summed E-state index contributed by atoms with van der Waals surface area (Å²) < 4.78 is 40.0. The highest BCUT2D eigenvalue weighted by atomic mass is 32.2. The second kappa shape index (κ2) is 8.95. The van der Waals surface area contributed by atoms with Gasteiger partial charge in [0.2, 0.25) is 10.0 Å². The van der Waals surface area contributed by atoms with E-state index in [0.717, 1.165) is 29.8 Å². The van der Waals surface area contributed by atoms with E-state index in [-0.39, 0.29) is 11.3 Å². The second-order valence-electron chi connectivity index (χ2n) is 6.74.